The predicted molar refractivity (Wildman–Crippen MR) is 98.9 cm³/mol. The molecule has 0 saturated carbocycles. The second-order valence-electron chi connectivity index (χ2n) is 7.26. The Morgan fingerprint density at radius 1 is 1.00 bits per heavy atom. The molecule has 1 aliphatic rings. The molecule has 2 aromatic rings. The van der Waals surface area contributed by atoms with Gasteiger partial charge in [0, 0.05) is 32.6 Å². The van der Waals surface area contributed by atoms with E-state index >= 15 is 0 Å². The Bertz CT molecular complexity index is 1030. The number of rotatable bonds is 5. The van der Waals surface area contributed by atoms with Crippen LogP contribution in [0, 0.1) is 0 Å². The molecule has 1 saturated heterocycles. The van der Waals surface area contributed by atoms with Crippen LogP contribution in [0.3, 0.4) is 0 Å². The minimum absolute atomic E-state index is 0.104. The monoisotopic (exact) mass is 486 g/mol. The van der Waals surface area contributed by atoms with Crippen molar-refractivity contribution in [1.29, 1.82) is 0 Å². The molecule has 3 rings (SSSR count). The third-order valence-corrected chi connectivity index (χ3v) is 7.05. The summed E-state index contributed by atoms with van der Waals surface area (Å²) in [5.74, 6) is 0.851. The van der Waals surface area contributed by atoms with Crippen LogP contribution in [0.5, 0.6) is 0 Å². The second kappa shape index (κ2) is 8.63. The molecule has 32 heavy (non-hydrogen) atoms. The van der Waals surface area contributed by atoms with Crippen molar-refractivity contribution in [3.63, 3.8) is 0 Å². The number of alkyl halides is 6. The highest BCUT2D eigenvalue weighted by Gasteiger charge is 2.40. The zero-order valence-corrected chi connectivity index (χ0v) is 17.9. The highest BCUT2D eigenvalue weighted by atomic mass is 32.2. The summed E-state index contributed by atoms with van der Waals surface area (Å²) >= 11 is 0. The molecule has 0 aliphatic carbocycles. The Morgan fingerprint density at radius 3 is 1.97 bits per heavy atom. The fraction of sp³-hybridized carbons (Fsp3) is 0.556. The van der Waals surface area contributed by atoms with Gasteiger partial charge >= 0.3 is 12.4 Å². The molecule has 0 N–H and O–H groups in total. The summed E-state index contributed by atoms with van der Waals surface area (Å²) in [5.41, 5.74) is -3.36. The molecule has 0 spiro atoms. The molecule has 1 aromatic heterocycles. The van der Waals surface area contributed by atoms with Gasteiger partial charge in [0.25, 0.3) is 0 Å². The molecule has 1 aliphatic heterocycles. The summed E-state index contributed by atoms with van der Waals surface area (Å²) in [7, 11) is -4.59. The van der Waals surface area contributed by atoms with Crippen molar-refractivity contribution >= 4 is 10.0 Å². The van der Waals surface area contributed by atoms with Gasteiger partial charge in [-0.1, -0.05) is 12.1 Å². The van der Waals surface area contributed by atoms with E-state index in [1.807, 2.05) is 11.8 Å². The average molecular weight is 486 g/mol. The number of aromatic nitrogens is 2. The third kappa shape index (κ3) is 5.07. The topological polar surface area (TPSA) is 79.5 Å². The lowest BCUT2D eigenvalue weighted by atomic mass is 10.1. The molecular weight excluding hydrogens is 466 g/mol. The van der Waals surface area contributed by atoms with E-state index in [-0.39, 0.29) is 50.4 Å². The van der Waals surface area contributed by atoms with E-state index in [1.165, 1.54) is 0 Å². The van der Waals surface area contributed by atoms with Crippen LogP contribution < -0.4 is 0 Å². The highest BCUT2D eigenvalue weighted by Crippen LogP contribution is 2.38. The Hall–Kier alpha value is -2.19. The van der Waals surface area contributed by atoms with E-state index in [0.717, 1.165) is 4.31 Å². The lowest BCUT2D eigenvalue weighted by Crippen LogP contribution is -2.49. The molecule has 178 valence electrons. The first-order valence-electron chi connectivity index (χ1n) is 9.59. The fourth-order valence-electron chi connectivity index (χ4n) is 3.29. The number of sulfonamides is 1. The van der Waals surface area contributed by atoms with Crippen molar-refractivity contribution in [3.05, 3.63) is 41.0 Å². The van der Waals surface area contributed by atoms with Gasteiger partial charge < -0.3 is 4.52 Å². The average Bonchev–Trinajstić information content (AvgIpc) is 3.21. The van der Waals surface area contributed by atoms with Crippen LogP contribution in [0.15, 0.2) is 27.6 Å². The van der Waals surface area contributed by atoms with E-state index in [2.05, 4.69) is 10.1 Å². The fourth-order valence-corrected chi connectivity index (χ4v) is 4.79. The second-order valence-corrected chi connectivity index (χ2v) is 9.20. The van der Waals surface area contributed by atoms with Crippen LogP contribution in [0.4, 0.5) is 26.3 Å². The maximum Gasteiger partial charge on any atom is 0.416 e. The SMILES string of the molecule is CCc1noc(C(C)N2CCN(S(=O)(=O)c3cc(C(F)(F)F)cc(C(F)(F)F)c3)CC2)n1. The van der Waals surface area contributed by atoms with Crippen molar-refractivity contribution in [1.82, 2.24) is 19.3 Å². The molecule has 0 radical (unpaired) electrons. The molecule has 2 heterocycles. The molecule has 1 unspecified atom stereocenters. The van der Waals surface area contributed by atoms with Crippen molar-refractivity contribution in [2.45, 2.75) is 43.6 Å². The van der Waals surface area contributed by atoms with Crippen LogP contribution >= 0.6 is 0 Å². The number of benzene rings is 1. The first kappa shape index (κ1) is 24.5. The van der Waals surface area contributed by atoms with Crippen molar-refractivity contribution in [2.75, 3.05) is 26.2 Å². The number of aryl methyl sites for hydroxylation is 1. The van der Waals surface area contributed by atoms with Gasteiger partial charge in [0.2, 0.25) is 15.9 Å². The zero-order chi connectivity index (χ0) is 23.9. The largest absolute Gasteiger partial charge is 0.416 e. The van der Waals surface area contributed by atoms with Gasteiger partial charge in [-0.15, -0.1) is 0 Å². The van der Waals surface area contributed by atoms with Gasteiger partial charge in [0.15, 0.2) is 5.82 Å². The molecule has 1 aromatic carbocycles. The smallest absolute Gasteiger partial charge is 0.338 e. The Labute approximate surface area is 180 Å². The molecule has 7 nitrogen and oxygen atoms in total. The minimum atomic E-state index is -5.14. The maximum atomic E-state index is 13.1. The van der Waals surface area contributed by atoms with Crippen LogP contribution in [-0.2, 0) is 28.8 Å². The molecule has 0 amide bonds. The van der Waals surface area contributed by atoms with Gasteiger partial charge in [-0.3, -0.25) is 4.90 Å². The normalized spacial score (nSPS) is 18.1. The summed E-state index contributed by atoms with van der Waals surface area (Å²) in [6, 6.07) is 0.0142. The van der Waals surface area contributed by atoms with Gasteiger partial charge in [0.05, 0.1) is 22.1 Å². The molecule has 14 heteroatoms. The summed E-state index contributed by atoms with van der Waals surface area (Å²) in [6.45, 7) is 3.73. The highest BCUT2D eigenvalue weighted by molar-refractivity contribution is 7.89. The molecule has 0 bridgehead atoms. The van der Waals surface area contributed by atoms with Crippen LogP contribution in [0.2, 0.25) is 0 Å². The van der Waals surface area contributed by atoms with Gasteiger partial charge in [-0.2, -0.15) is 35.6 Å². The number of nitrogens with zero attached hydrogens (tertiary/aromatic N) is 4. The van der Waals surface area contributed by atoms with Crippen LogP contribution in [-0.4, -0.2) is 53.9 Å². The van der Waals surface area contributed by atoms with Gasteiger partial charge in [-0.25, -0.2) is 8.42 Å². The third-order valence-electron chi connectivity index (χ3n) is 5.18. The van der Waals surface area contributed by atoms with Gasteiger partial charge in [0.1, 0.15) is 0 Å². The summed E-state index contributed by atoms with van der Waals surface area (Å²) in [4.78, 5) is 5.01. The van der Waals surface area contributed by atoms with Crippen molar-refractivity contribution in [3.8, 4) is 0 Å². The summed E-state index contributed by atoms with van der Waals surface area (Å²) in [6.07, 6.45) is -9.71. The quantitative estimate of drug-likeness (QED) is 0.600. The number of halogens is 6. The van der Waals surface area contributed by atoms with E-state index < -0.39 is 38.4 Å². The van der Waals surface area contributed by atoms with Crippen LogP contribution in [0.25, 0.3) is 0 Å². The van der Waals surface area contributed by atoms with Crippen molar-refractivity contribution in [2.24, 2.45) is 0 Å². The van der Waals surface area contributed by atoms with Gasteiger partial charge in [-0.05, 0) is 25.1 Å². The number of piperazine rings is 1. The van der Waals surface area contributed by atoms with Crippen LogP contribution in [0.1, 0.15) is 42.7 Å². The molecule has 1 fully saturated rings. The Balaban J connectivity index is 1.82. The lowest BCUT2D eigenvalue weighted by Gasteiger charge is -2.36. The first-order chi connectivity index (χ1) is 14.7. The zero-order valence-electron chi connectivity index (χ0n) is 17.0. The Kier molecular flexibility index (Phi) is 6.60. The number of hydrogen-bond donors (Lipinski definition) is 0. The molecular formula is C18H20F6N4O3S. The Morgan fingerprint density at radius 2 is 1.53 bits per heavy atom. The summed E-state index contributed by atoms with van der Waals surface area (Å²) in [5, 5.41) is 3.80. The van der Waals surface area contributed by atoms with E-state index in [9.17, 15) is 34.8 Å². The van der Waals surface area contributed by atoms with E-state index in [0.29, 0.717) is 18.1 Å². The minimum Gasteiger partial charge on any atom is -0.338 e. The van der Waals surface area contributed by atoms with E-state index in [1.54, 1.807) is 6.92 Å². The first-order valence-corrected chi connectivity index (χ1v) is 11.0. The van der Waals surface area contributed by atoms with E-state index in [4.69, 9.17) is 4.52 Å². The predicted octanol–water partition coefficient (Wildman–Crippen LogP) is 3.74. The molecule has 1 atom stereocenters. The van der Waals surface area contributed by atoms with Crippen molar-refractivity contribution < 1.29 is 39.3 Å². The lowest BCUT2D eigenvalue weighted by molar-refractivity contribution is -0.143. The summed E-state index contributed by atoms with van der Waals surface area (Å²) < 4.78 is 110. The maximum absolute atomic E-state index is 13.1. The number of hydrogen-bond acceptors (Lipinski definition) is 6. The standard InChI is InChI=1S/C18H20F6N4O3S/c1-3-15-25-16(31-26-15)11(2)27-4-6-28(7-5-27)32(29,30)14-9-12(17(19,20)21)8-13(10-14)18(22,23)24/h8-11H,3-7H2,1-2H3.